The Bertz CT molecular complexity index is 1020. The van der Waals surface area contributed by atoms with E-state index in [9.17, 15) is 4.79 Å². The zero-order chi connectivity index (χ0) is 28.0. The van der Waals surface area contributed by atoms with Gasteiger partial charge >= 0.3 is 13.1 Å². The normalized spacial score (nSPS) is 18.1. The molecule has 0 saturated carbocycles. The Morgan fingerprint density at radius 2 is 1.37 bits per heavy atom. The Labute approximate surface area is 229 Å². The zero-order valence-electron chi connectivity index (χ0n) is 24.4. The van der Waals surface area contributed by atoms with Crippen LogP contribution in [0.5, 0.6) is 0 Å². The molecule has 3 rings (SSSR count). The second kappa shape index (κ2) is 12.1. The predicted octanol–water partition coefficient (Wildman–Crippen LogP) is 6.51. The van der Waals surface area contributed by atoms with Crippen LogP contribution < -0.4 is 0 Å². The number of methoxy groups -OCH3 is 1. The van der Waals surface area contributed by atoms with Gasteiger partial charge in [-0.3, -0.25) is 4.99 Å². The largest absolute Gasteiger partial charge is 0.467 e. The molecule has 0 spiro atoms. The van der Waals surface area contributed by atoms with Crippen molar-refractivity contribution in [3.8, 4) is 0 Å². The Balaban J connectivity index is 1.93. The molecule has 1 heterocycles. The van der Waals surface area contributed by atoms with Crippen molar-refractivity contribution in [1.82, 2.24) is 0 Å². The minimum absolute atomic E-state index is 0.114. The average molecular weight is 522 g/mol. The van der Waals surface area contributed by atoms with Gasteiger partial charge in [0.1, 0.15) is 0 Å². The molecule has 1 unspecified atom stereocenters. The van der Waals surface area contributed by atoms with Crippen molar-refractivity contribution >= 4 is 18.8 Å². The van der Waals surface area contributed by atoms with E-state index in [4.69, 9.17) is 23.8 Å². The molecular weight excluding hydrogens is 477 g/mol. The molecular formula is C31H44BNO5. The van der Waals surface area contributed by atoms with Crippen molar-refractivity contribution in [2.24, 2.45) is 4.99 Å². The fourth-order valence-electron chi connectivity index (χ4n) is 4.41. The van der Waals surface area contributed by atoms with E-state index in [1.807, 2.05) is 81.4 Å². The maximum Gasteiger partial charge on any atom is 0.457 e. The van der Waals surface area contributed by atoms with E-state index in [1.54, 1.807) is 0 Å². The number of unbranched alkanes of at least 4 members (excludes halogenated alkanes) is 1. The van der Waals surface area contributed by atoms with Gasteiger partial charge in [-0.2, -0.15) is 0 Å². The molecule has 1 saturated heterocycles. The van der Waals surface area contributed by atoms with Crippen LogP contribution in [0, 0.1) is 0 Å². The summed E-state index contributed by atoms with van der Waals surface area (Å²) in [5, 5.41) is 0. The highest BCUT2D eigenvalue weighted by Gasteiger charge is 2.50. The number of hydrogen-bond acceptors (Lipinski definition) is 6. The minimum Gasteiger partial charge on any atom is -0.467 e. The first-order chi connectivity index (χ1) is 17.8. The Hall–Kier alpha value is -2.48. The van der Waals surface area contributed by atoms with Crippen LogP contribution in [-0.2, 0) is 23.6 Å². The van der Waals surface area contributed by atoms with Crippen molar-refractivity contribution < 1.29 is 23.6 Å². The Morgan fingerprint density at radius 1 is 0.868 bits per heavy atom. The quantitative estimate of drug-likeness (QED) is 0.146. The van der Waals surface area contributed by atoms with Gasteiger partial charge in [-0.25, -0.2) is 4.79 Å². The first-order valence-corrected chi connectivity index (χ1v) is 13.6. The lowest BCUT2D eigenvalue weighted by Crippen LogP contribution is -2.45. The number of aliphatic imine (C=N–C) groups is 1. The number of ether oxygens (including phenoxy) is 2. The molecule has 1 aliphatic rings. The molecule has 38 heavy (non-hydrogen) atoms. The molecule has 0 amide bonds. The van der Waals surface area contributed by atoms with Crippen LogP contribution in [-0.4, -0.2) is 54.9 Å². The number of benzene rings is 2. The third kappa shape index (κ3) is 7.55. The van der Waals surface area contributed by atoms with Gasteiger partial charge in [0.25, 0.3) is 0 Å². The Morgan fingerprint density at radius 3 is 1.82 bits per heavy atom. The third-order valence-electron chi connectivity index (χ3n) is 7.31. The van der Waals surface area contributed by atoms with Crippen molar-refractivity contribution in [3.63, 3.8) is 0 Å². The van der Waals surface area contributed by atoms with Crippen LogP contribution in [0.4, 0.5) is 0 Å². The second-order valence-electron chi connectivity index (χ2n) is 12.0. The fourth-order valence-corrected chi connectivity index (χ4v) is 4.41. The first kappa shape index (κ1) is 30.1. The molecule has 206 valence electrons. The SMILES string of the molecule is COC(=O)C(CCCCB1OC(C)(C)C(C)(C)O1)(COC(C)(C)C)N=C(c1ccccc1)c1ccccc1. The summed E-state index contributed by atoms with van der Waals surface area (Å²) in [5.74, 6) is -0.401. The molecule has 0 radical (unpaired) electrons. The topological polar surface area (TPSA) is 66.4 Å². The smallest absolute Gasteiger partial charge is 0.457 e. The van der Waals surface area contributed by atoms with Gasteiger partial charge in [-0.1, -0.05) is 73.5 Å². The van der Waals surface area contributed by atoms with E-state index in [0.717, 1.165) is 36.0 Å². The average Bonchev–Trinajstić information content (AvgIpc) is 3.08. The van der Waals surface area contributed by atoms with Gasteiger partial charge in [0.15, 0.2) is 5.54 Å². The van der Waals surface area contributed by atoms with Crippen molar-refractivity contribution in [3.05, 3.63) is 71.8 Å². The number of carbonyl (C=O) groups excluding carboxylic acids is 1. The van der Waals surface area contributed by atoms with E-state index < -0.39 is 17.1 Å². The first-order valence-electron chi connectivity index (χ1n) is 13.6. The van der Waals surface area contributed by atoms with E-state index in [-0.39, 0.29) is 24.9 Å². The molecule has 1 atom stereocenters. The summed E-state index contributed by atoms with van der Waals surface area (Å²) in [6, 6.07) is 19.9. The standard InChI is InChI=1S/C31H44BNO5/c1-28(2,3)36-23-31(27(34)35-8,21-15-16-22-32-37-29(4,5)30(6,7)38-32)33-26(24-17-11-9-12-18-24)25-19-13-10-14-20-25/h9-14,17-20H,15-16,21-23H2,1-8H3. The molecule has 0 bridgehead atoms. The molecule has 0 aromatic heterocycles. The number of esters is 1. The van der Waals surface area contributed by atoms with Crippen LogP contribution in [0.2, 0.25) is 6.32 Å². The molecule has 2 aromatic carbocycles. The van der Waals surface area contributed by atoms with Crippen molar-refractivity contribution in [2.75, 3.05) is 13.7 Å². The summed E-state index contributed by atoms with van der Waals surface area (Å²) in [4.78, 5) is 18.7. The number of rotatable bonds is 11. The summed E-state index contributed by atoms with van der Waals surface area (Å²) >= 11 is 0. The van der Waals surface area contributed by atoms with Gasteiger partial charge in [-0.05, 0) is 61.2 Å². The molecule has 0 N–H and O–H groups in total. The molecule has 1 fully saturated rings. The van der Waals surface area contributed by atoms with E-state index in [0.29, 0.717) is 6.42 Å². The number of hydrogen-bond donors (Lipinski definition) is 0. The maximum atomic E-state index is 13.5. The van der Waals surface area contributed by atoms with Crippen molar-refractivity contribution in [1.29, 1.82) is 0 Å². The lowest BCUT2D eigenvalue weighted by atomic mass is 9.81. The monoisotopic (exact) mass is 521 g/mol. The lowest BCUT2D eigenvalue weighted by molar-refractivity contribution is -0.152. The van der Waals surface area contributed by atoms with E-state index in [1.165, 1.54) is 7.11 Å². The van der Waals surface area contributed by atoms with Crippen molar-refractivity contribution in [2.45, 2.75) is 96.4 Å². The highest BCUT2D eigenvalue weighted by atomic mass is 16.7. The maximum absolute atomic E-state index is 13.5. The number of nitrogens with zero attached hydrogens (tertiary/aromatic N) is 1. The van der Waals surface area contributed by atoms with Crippen LogP contribution in [0.15, 0.2) is 65.7 Å². The van der Waals surface area contributed by atoms with Crippen LogP contribution in [0.25, 0.3) is 0 Å². The van der Waals surface area contributed by atoms with Crippen LogP contribution >= 0.6 is 0 Å². The van der Waals surface area contributed by atoms with Gasteiger partial charge in [0.2, 0.25) is 0 Å². The highest BCUT2D eigenvalue weighted by Crippen LogP contribution is 2.38. The molecule has 6 nitrogen and oxygen atoms in total. The molecule has 1 aliphatic heterocycles. The van der Waals surface area contributed by atoms with E-state index >= 15 is 0 Å². The van der Waals surface area contributed by atoms with Gasteiger partial charge < -0.3 is 18.8 Å². The third-order valence-corrected chi connectivity index (χ3v) is 7.31. The summed E-state index contributed by atoms with van der Waals surface area (Å²) in [7, 11) is 1.14. The predicted molar refractivity (Wildman–Crippen MR) is 154 cm³/mol. The van der Waals surface area contributed by atoms with Gasteiger partial charge in [0.05, 0.1) is 36.2 Å². The van der Waals surface area contributed by atoms with Gasteiger partial charge in [-0.15, -0.1) is 0 Å². The highest BCUT2D eigenvalue weighted by molar-refractivity contribution is 6.45. The lowest BCUT2D eigenvalue weighted by Gasteiger charge is -2.32. The minimum atomic E-state index is -1.21. The van der Waals surface area contributed by atoms with E-state index in [2.05, 4.69) is 27.7 Å². The van der Waals surface area contributed by atoms with Crippen LogP contribution in [0.3, 0.4) is 0 Å². The fraction of sp³-hybridized carbons (Fsp3) is 0.548. The Kier molecular flexibility index (Phi) is 9.61. The second-order valence-corrected chi connectivity index (χ2v) is 12.0. The zero-order valence-corrected chi connectivity index (χ0v) is 24.4. The summed E-state index contributed by atoms with van der Waals surface area (Å²) < 4.78 is 23.9. The molecule has 0 aliphatic carbocycles. The summed E-state index contributed by atoms with van der Waals surface area (Å²) in [6.07, 6.45) is 2.75. The molecule has 2 aromatic rings. The summed E-state index contributed by atoms with van der Waals surface area (Å²) in [5.41, 5.74) is 0.215. The molecule has 7 heteroatoms. The van der Waals surface area contributed by atoms with Crippen LogP contribution in [0.1, 0.15) is 78.9 Å². The number of carbonyl (C=O) groups is 1. The van der Waals surface area contributed by atoms with Gasteiger partial charge in [0, 0.05) is 11.1 Å². The summed E-state index contributed by atoms with van der Waals surface area (Å²) in [6.45, 7) is 14.3.